The minimum atomic E-state index is -0.916. The second-order valence-corrected chi connectivity index (χ2v) is 4.46. The molecule has 0 amide bonds. The van der Waals surface area contributed by atoms with Gasteiger partial charge in [-0.1, -0.05) is 13.3 Å². The van der Waals surface area contributed by atoms with Crippen LogP contribution in [0, 0.1) is 6.92 Å². The number of anilines is 1. The maximum absolute atomic E-state index is 11.3. The zero-order chi connectivity index (χ0) is 13.2. The van der Waals surface area contributed by atoms with Crippen molar-refractivity contribution in [3.8, 4) is 0 Å². The molecule has 1 aromatic heterocycles. The van der Waals surface area contributed by atoms with Crippen LogP contribution >= 0.6 is 0 Å². The monoisotopic (exact) mass is 239 g/mol. The van der Waals surface area contributed by atoms with Gasteiger partial charge < -0.3 is 10.0 Å². The van der Waals surface area contributed by atoms with E-state index >= 15 is 0 Å². The molecule has 5 nitrogen and oxygen atoms in total. The van der Waals surface area contributed by atoms with Crippen LogP contribution in [-0.4, -0.2) is 33.9 Å². The molecule has 0 aromatic carbocycles. The van der Waals surface area contributed by atoms with Gasteiger partial charge in [-0.15, -0.1) is 0 Å². The fraction of sp³-hybridized carbons (Fsp3) is 0.667. The number of hydrogen-bond donors (Lipinski definition) is 1. The summed E-state index contributed by atoms with van der Waals surface area (Å²) in [6.07, 6.45) is 2.10. The molecule has 0 radical (unpaired) electrons. The van der Waals surface area contributed by atoms with E-state index in [0.717, 1.165) is 12.8 Å². The third kappa shape index (κ3) is 2.60. The summed E-state index contributed by atoms with van der Waals surface area (Å²) in [5.74, 6) is -0.239. The zero-order valence-electron chi connectivity index (χ0n) is 11.2. The number of carboxylic acids is 1. The van der Waals surface area contributed by atoms with E-state index in [0.29, 0.717) is 23.1 Å². The van der Waals surface area contributed by atoms with Crippen LogP contribution in [-0.2, 0) is 7.05 Å². The smallest absolute Gasteiger partial charge is 0.341 e. The Kier molecular flexibility index (Phi) is 4.15. The van der Waals surface area contributed by atoms with E-state index in [-0.39, 0.29) is 0 Å². The standard InChI is InChI=1S/C12H21N3O2/c1-6-7-8(2)14(4)11-10(12(16)17)9(3)13-15(11)5/h8H,6-7H2,1-5H3,(H,16,17). The normalized spacial score (nSPS) is 12.5. The first kappa shape index (κ1) is 13.5. The number of aryl methyl sites for hydroxylation is 2. The summed E-state index contributed by atoms with van der Waals surface area (Å²) in [6, 6.07) is 0.299. The molecule has 96 valence electrons. The van der Waals surface area contributed by atoms with Crippen molar-refractivity contribution in [2.45, 2.75) is 39.7 Å². The van der Waals surface area contributed by atoms with Crippen LogP contribution in [0.1, 0.15) is 42.7 Å². The number of carboxylic acid groups (broad SMARTS) is 1. The van der Waals surface area contributed by atoms with Gasteiger partial charge in [0, 0.05) is 20.1 Å². The molecular weight excluding hydrogens is 218 g/mol. The lowest BCUT2D eigenvalue weighted by Crippen LogP contribution is -2.31. The van der Waals surface area contributed by atoms with Crippen molar-refractivity contribution in [3.05, 3.63) is 11.3 Å². The molecule has 0 aliphatic rings. The highest BCUT2D eigenvalue weighted by atomic mass is 16.4. The molecule has 0 saturated carbocycles. The lowest BCUT2D eigenvalue weighted by Gasteiger charge is -2.27. The van der Waals surface area contributed by atoms with Crippen molar-refractivity contribution in [3.63, 3.8) is 0 Å². The van der Waals surface area contributed by atoms with Gasteiger partial charge in [-0.2, -0.15) is 5.10 Å². The number of rotatable bonds is 5. The van der Waals surface area contributed by atoms with Crippen molar-refractivity contribution >= 4 is 11.8 Å². The highest BCUT2D eigenvalue weighted by Gasteiger charge is 2.24. The highest BCUT2D eigenvalue weighted by Crippen LogP contribution is 2.24. The van der Waals surface area contributed by atoms with Crippen molar-refractivity contribution < 1.29 is 9.90 Å². The van der Waals surface area contributed by atoms with Gasteiger partial charge in [-0.25, -0.2) is 4.79 Å². The first-order valence-electron chi connectivity index (χ1n) is 5.89. The fourth-order valence-electron chi connectivity index (χ4n) is 2.12. The quantitative estimate of drug-likeness (QED) is 0.854. The van der Waals surface area contributed by atoms with Gasteiger partial charge in [0.05, 0.1) is 5.69 Å². The maximum atomic E-state index is 11.3. The van der Waals surface area contributed by atoms with E-state index in [9.17, 15) is 9.90 Å². The van der Waals surface area contributed by atoms with Crippen molar-refractivity contribution in [2.75, 3.05) is 11.9 Å². The average molecular weight is 239 g/mol. The van der Waals surface area contributed by atoms with Gasteiger partial charge in [-0.05, 0) is 20.3 Å². The number of carbonyl (C=O) groups is 1. The zero-order valence-corrected chi connectivity index (χ0v) is 11.2. The molecule has 17 heavy (non-hydrogen) atoms. The van der Waals surface area contributed by atoms with Gasteiger partial charge in [0.1, 0.15) is 11.4 Å². The van der Waals surface area contributed by atoms with E-state index in [1.165, 1.54) is 0 Å². The summed E-state index contributed by atoms with van der Waals surface area (Å²) < 4.78 is 1.64. The van der Waals surface area contributed by atoms with Crippen LogP contribution in [0.15, 0.2) is 0 Å². The fourth-order valence-corrected chi connectivity index (χ4v) is 2.12. The lowest BCUT2D eigenvalue weighted by molar-refractivity contribution is 0.0696. The van der Waals surface area contributed by atoms with E-state index in [4.69, 9.17) is 0 Å². The number of aromatic nitrogens is 2. The van der Waals surface area contributed by atoms with Crippen molar-refractivity contribution in [2.24, 2.45) is 7.05 Å². The molecule has 0 aliphatic heterocycles. The largest absolute Gasteiger partial charge is 0.477 e. The number of aromatic carboxylic acids is 1. The van der Waals surface area contributed by atoms with Crippen LogP contribution in [0.5, 0.6) is 0 Å². The van der Waals surface area contributed by atoms with E-state index in [2.05, 4.69) is 18.9 Å². The van der Waals surface area contributed by atoms with Crippen molar-refractivity contribution in [1.29, 1.82) is 0 Å². The molecule has 1 aromatic rings. The Morgan fingerprint density at radius 1 is 1.59 bits per heavy atom. The van der Waals surface area contributed by atoms with Crippen LogP contribution in [0.2, 0.25) is 0 Å². The third-order valence-electron chi connectivity index (χ3n) is 3.11. The van der Waals surface area contributed by atoms with Gasteiger partial charge in [0.25, 0.3) is 0 Å². The Labute approximate surface area is 102 Å². The summed E-state index contributed by atoms with van der Waals surface area (Å²) in [5.41, 5.74) is 0.864. The molecule has 0 fully saturated rings. The second-order valence-electron chi connectivity index (χ2n) is 4.46. The maximum Gasteiger partial charge on any atom is 0.341 e. The summed E-state index contributed by atoms with van der Waals surface area (Å²) in [4.78, 5) is 13.3. The highest BCUT2D eigenvalue weighted by molar-refractivity contribution is 5.94. The summed E-state index contributed by atoms with van der Waals surface area (Å²) in [7, 11) is 3.70. The van der Waals surface area contributed by atoms with E-state index in [1.54, 1.807) is 18.7 Å². The minimum absolute atomic E-state index is 0.299. The first-order valence-corrected chi connectivity index (χ1v) is 5.89. The SMILES string of the molecule is CCCC(C)N(C)c1c(C(=O)O)c(C)nn1C. The summed E-state index contributed by atoms with van der Waals surface area (Å²) >= 11 is 0. The summed E-state index contributed by atoms with van der Waals surface area (Å²) in [5, 5.41) is 13.4. The number of hydrogen-bond acceptors (Lipinski definition) is 3. The number of nitrogens with zero attached hydrogens (tertiary/aromatic N) is 3. The molecule has 1 N–H and O–H groups in total. The van der Waals surface area contributed by atoms with Gasteiger partial charge >= 0.3 is 5.97 Å². The molecule has 5 heteroatoms. The molecule has 1 atom stereocenters. The van der Waals surface area contributed by atoms with Crippen LogP contribution in [0.25, 0.3) is 0 Å². The van der Waals surface area contributed by atoms with Gasteiger partial charge in [0.15, 0.2) is 0 Å². The van der Waals surface area contributed by atoms with Crippen LogP contribution in [0.4, 0.5) is 5.82 Å². The van der Waals surface area contributed by atoms with Crippen LogP contribution < -0.4 is 4.90 Å². The Morgan fingerprint density at radius 2 is 2.18 bits per heavy atom. The van der Waals surface area contributed by atoms with Gasteiger partial charge in [0.2, 0.25) is 0 Å². The van der Waals surface area contributed by atoms with Gasteiger partial charge in [-0.3, -0.25) is 4.68 Å². The van der Waals surface area contributed by atoms with E-state index < -0.39 is 5.97 Å². The van der Waals surface area contributed by atoms with E-state index in [1.807, 2.05) is 11.9 Å². The molecule has 0 spiro atoms. The van der Waals surface area contributed by atoms with Crippen molar-refractivity contribution in [1.82, 2.24) is 9.78 Å². The Balaban J connectivity index is 3.16. The molecule has 1 rings (SSSR count). The van der Waals surface area contributed by atoms with Crippen LogP contribution in [0.3, 0.4) is 0 Å². The third-order valence-corrected chi connectivity index (χ3v) is 3.11. The molecule has 0 aliphatic carbocycles. The molecule has 1 heterocycles. The molecule has 0 bridgehead atoms. The minimum Gasteiger partial charge on any atom is -0.477 e. The Hall–Kier alpha value is -1.52. The second kappa shape index (κ2) is 5.21. The Bertz CT molecular complexity index is 412. The predicted molar refractivity (Wildman–Crippen MR) is 67.7 cm³/mol. The molecular formula is C12H21N3O2. The first-order chi connectivity index (χ1) is 7.90. The average Bonchev–Trinajstić information content (AvgIpc) is 2.52. The topological polar surface area (TPSA) is 58.4 Å². The predicted octanol–water partition coefficient (Wildman–Crippen LogP) is 2.05. The molecule has 1 unspecified atom stereocenters. The Morgan fingerprint density at radius 3 is 2.65 bits per heavy atom. The summed E-state index contributed by atoms with van der Waals surface area (Å²) in [6.45, 7) is 5.94. The molecule has 0 saturated heterocycles. The lowest BCUT2D eigenvalue weighted by atomic mass is 10.1.